The molecule has 0 bridgehead atoms. The molecule has 1 saturated carbocycles. The highest BCUT2D eigenvalue weighted by atomic mass is 32.2. The van der Waals surface area contributed by atoms with Gasteiger partial charge in [-0.2, -0.15) is 8.42 Å². The smallest absolute Gasteiger partial charge is 0.264 e. The van der Waals surface area contributed by atoms with Gasteiger partial charge in [0.2, 0.25) is 0 Å². The van der Waals surface area contributed by atoms with Crippen LogP contribution in [0.15, 0.2) is 0 Å². The van der Waals surface area contributed by atoms with Crippen molar-refractivity contribution in [1.29, 1.82) is 0 Å². The fourth-order valence-electron chi connectivity index (χ4n) is 1.60. The first kappa shape index (κ1) is 8.47. The lowest BCUT2D eigenvalue weighted by molar-refractivity contribution is 0.0794. The summed E-state index contributed by atoms with van der Waals surface area (Å²) >= 11 is 0. The van der Waals surface area contributed by atoms with Gasteiger partial charge in [0.15, 0.2) is 0 Å². The molecular formula is C7H12O4S. The van der Waals surface area contributed by atoms with Crippen LogP contribution in [-0.4, -0.2) is 33.0 Å². The lowest BCUT2D eigenvalue weighted by Crippen LogP contribution is -2.17. The molecule has 1 aliphatic carbocycles. The summed E-state index contributed by atoms with van der Waals surface area (Å²) in [5, 5.41) is 0. The van der Waals surface area contributed by atoms with Gasteiger partial charge >= 0.3 is 0 Å². The lowest BCUT2D eigenvalue weighted by atomic mass is 10.2. The molecule has 70 valence electrons. The van der Waals surface area contributed by atoms with Crippen LogP contribution in [0, 0.1) is 0 Å². The zero-order valence-corrected chi connectivity index (χ0v) is 7.76. The number of hydrogen-bond donors (Lipinski definition) is 0. The van der Waals surface area contributed by atoms with Gasteiger partial charge in [-0.3, -0.25) is 4.18 Å². The Bertz CT molecular complexity index is 278. The van der Waals surface area contributed by atoms with Crippen molar-refractivity contribution in [3.05, 3.63) is 0 Å². The maximum atomic E-state index is 10.7. The van der Waals surface area contributed by atoms with Gasteiger partial charge in [-0.1, -0.05) is 0 Å². The fraction of sp³-hybridized carbons (Fsp3) is 1.00. The molecule has 1 aliphatic heterocycles. The average Bonchev–Trinajstić information content (AvgIpc) is 2.49. The third kappa shape index (κ3) is 1.78. The van der Waals surface area contributed by atoms with Gasteiger partial charge in [0.05, 0.1) is 18.5 Å². The van der Waals surface area contributed by atoms with E-state index in [2.05, 4.69) is 0 Å². The Hall–Kier alpha value is -0.130. The summed E-state index contributed by atoms with van der Waals surface area (Å²) in [6.07, 6.45) is 3.67. The van der Waals surface area contributed by atoms with Crippen LogP contribution in [0.1, 0.15) is 19.3 Å². The molecule has 0 aromatic heterocycles. The van der Waals surface area contributed by atoms with Crippen LogP contribution in [0.3, 0.4) is 0 Å². The van der Waals surface area contributed by atoms with Gasteiger partial charge in [-0.15, -0.1) is 0 Å². The molecule has 1 spiro atoms. The summed E-state index contributed by atoms with van der Waals surface area (Å²) in [6.45, 7) is 0.424. The Morgan fingerprint density at radius 3 is 2.58 bits per heavy atom. The van der Waals surface area contributed by atoms with Crippen molar-refractivity contribution in [1.82, 2.24) is 0 Å². The second kappa shape index (κ2) is 2.43. The van der Waals surface area contributed by atoms with E-state index < -0.39 is 10.1 Å². The fourth-order valence-corrected chi connectivity index (χ4v) is 2.22. The molecule has 12 heavy (non-hydrogen) atoms. The maximum absolute atomic E-state index is 10.7. The van der Waals surface area contributed by atoms with E-state index in [0.717, 1.165) is 25.5 Å². The first-order valence-corrected chi connectivity index (χ1v) is 5.83. The van der Waals surface area contributed by atoms with E-state index in [-0.39, 0.29) is 11.7 Å². The quantitative estimate of drug-likeness (QED) is 0.590. The average molecular weight is 192 g/mol. The number of ether oxygens (including phenoxy) is 1. The minimum absolute atomic E-state index is 0.00461. The van der Waals surface area contributed by atoms with Crippen molar-refractivity contribution in [2.24, 2.45) is 0 Å². The molecule has 2 fully saturated rings. The Labute approximate surface area is 72.0 Å². The molecule has 1 unspecified atom stereocenters. The van der Waals surface area contributed by atoms with Gasteiger partial charge < -0.3 is 4.74 Å². The second-order valence-corrected chi connectivity index (χ2v) is 5.22. The van der Waals surface area contributed by atoms with Crippen LogP contribution in [0.25, 0.3) is 0 Å². The Morgan fingerprint density at radius 2 is 2.17 bits per heavy atom. The van der Waals surface area contributed by atoms with Gasteiger partial charge in [0, 0.05) is 6.42 Å². The largest absolute Gasteiger partial charge is 0.372 e. The van der Waals surface area contributed by atoms with Gasteiger partial charge in [0.25, 0.3) is 10.1 Å². The predicted octanol–water partition coefficient (Wildman–Crippen LogP) is 0.284. The number of rotatable bonds is 2. The summed E-state index contributed by atoms with van der Waals surface area (Å²) < 4.78 is 31.7. The molecule has 1 atom stereocenters. The molecule has 0 aromatic carbocycles. The first-order valence-electron chi connectivity index (χ1n) is 4.01. The third-order valence-corrected chi connectivity index (χ3v) is 2.92. The van der Waals surface area contributed by atoms with E-state index in [1.165, 1.54) is 0 Å². The normalized spacial score (nSPS) is 32.6. The van der Waals surface area contributed by atoms with Crippen LogP contribution < -0.4 is 0 Å². The Morgan fingerprint density at radius 1 is 1.50 bits per heavy atom. The molecule has 4 nitrogen and oxygen atoms in total. The van der Waals surface area contributed by atoms with Crippen molar-refractivity contribution in [3.63, 3.8) is 0 Å². The Kier molecular flexibility index (Phi) is 1.72. The SMILES string of the molecule is CS(=O)(=O)OC1COC2(CC2)C1. The van der Waals surface area contributed by atoms with E-state index in [0.29, 0.717) is 6.61 Å². The minimum atomic E-state index is -3.31. The predicted molar refractivity (Wildman–Crippen MR) is 42.3 cm³/mol. The first-order chi connectivity index (χ1) is 5.49. The van der Waals surface area contributed by atoms with Crippen molar-refractivity contribution >= 4 is 10.1 Å². The molecule has 5 heteroatoms. The van der Waals surface area contributed by atoms with E-state index in [1.807, 2.05) is 0 Å². The summed E-state index contributed by atoms with van der Waals surface area (Å²) in [6, 6.07) is 0. The van der Waals surface area contributed by atoms with Crippen LogP contribution in [0.2, 0.25) is 0 Å². The summed E-state index contributed by atoms with van der Waals surface area (Å²) in [4.78, 5) is 0. The van der Waals surface area contributed by atoms with Crippen molar-refractivity contribution in [2.45, 2.75) is 31.0 Å². The third-order valence-electron chi connectivity index (χ3n) is 2.29. The van der Waals surface area contributed by atoms with Gasteiger partial charge in [-0.25, -0.2) is 0 Å². The van der Waals surface area contributed by atoms with Crippen molar-refractivity contribution < 1.29 is 17.3 Å². The molecule has 2 rings (SSSR count). The summed E-state index contributed by atoms with van der Waals surface area (Å²) in [7, 11) is -3.31. The second-order valence-electron chi connectivity index (χ2n) is 3.62. The highest BCUT2D eigenvalue weighted by Gasteiger charge is 2.51. The molecule has 1 saturated heterocycles. The highest BCUT2D eigenvalue weighted by molar-refractivity contribution is 7.86. The van der Waals surface area contributed by atoms with Crippen LogP contribution in [0.5, 0.6) is 0 Å². The molecule has 0 N–H and O–H groups in total. The van der Waals surface area contributed by atoms with E-state index in [4.69, 9.17) is 8.92 Å². The highest BCUT2D eigenvalue weighted by Crippen LogP contribution is 2.48. The molecule has 1 heterocycles. The maximum Gasteiger partial charge on any atom is 0.264 e. The molecule has 0 amide bonds. The number of hydrogen-bond acceptors (Lipinski definition) is 4. The summed E-state index contributed by atoms with van der Waals surface area (Å²) in [5.41, 5.74) is -0.00461. The van der Waals surface area contributed by atoms with Gasteiger partial charge in [0.1, 0.15) is 6.10 Å². The van der Waals surface area contributed by atoms with Crippen LogP contribution >= 0.6 is 0 Å². The summed E-state index contributed by atoms with van der Waals surface area (Å²) in [5.74, 6) is 0. The van der Waals surface area contributed by atoms with Crippen molar-refractivity contribution in [3.8, 4) is 0 Å². The van der Waals surface area contributed by atoms with Crippen LogP contribution in [0.4, 0.5) is 0 Å². The van der Waals surface area contributed by atoms with E-state index in [1.54, 1.807) is 0 Å². The standard InChI is InChI=1S/C7H12O4S/c1-12(8,9)11-6-4-7(2-3-7)10-5-6/h6H,2-5H2,1H3. The molecule has 0 radical (unpaired) electrons. The Balaban J connectivity index is 1.92. The van der Waals surface area contributed by atoms with Crippen LogP contribution in [-0.2, 0) is 19.0 Å². The van der Waals surface area contributed by atoms with E-state index >= 15 is 0 Å². The lowest BCUT2D eigenvalue weighted by Gasteiger charge is -2.06. The minimum Gasteiger partial charge on any atom is -0.372 e. The molecule has 0 aromatic rings. The zero-order valence-electron chi connectivity index (χ0n) is 6.95. The van der Waals surface area contributed by atoms with Crippen molar-refractivity contribution in [2.75, 3.05) is 12.9 Å². The van der Waals surface area contributed by atoms with Gasteiger partial charge in [-0.05, 0) is 12.8 Å². The molecular weight excluding hydrogens is 180 g/mol. The molecule has 2 aliphatic rings. The topological polar surface area (TPSA) is 52.6 Å². The zero-order chi connectivity index (χ0) is 8.82. The monoisotopic (exact) mass is 192 g/mol. The van der Waals surface area contributed by atoms with E-state index in [9.17, 15) is 8.42 Å².